The minimum Gasteiger partial charge on any atom is -0.348 e. The summed E-state index contributed by atoms with van der Waals surface area (Å²) < 4.78 is 1.97. The minimum atomic E-state index is 0.0356. The van der Waals surface area contributed by atoms with E-state index in [1.54, 1.807) is 0 Å². The molecule has 1 atom stereocenters. The summed E-state index contributed by atoms with van der Waals surface area (Å²) in [7, 11) is 0. The Morgan fingerprint density at radius 2 is 2.06 bits per heavy atom. The highest BCUT2D eigenvalue weighted by atomic mass is 127. The van der Waals surface area contributed by atoms with Crippen molar-refractivity contribution in [2.24, 2.45) is 5.92 Å². The van der Waals surface area contributed by atoms with E-state index in [1.165, 1.54) is 0 Å². The second-order valence-corrected chi connectivity index (χ2v) is 6.37. The molecule has 0 aliphatic carbocycles. The molecular formula is C13H17I2NO. The van der Waals surface area contributed by atoms with Gasteiger partial charge in [0.25, 0.3) is 5.91 Å². The number of benzene rings is 1. The molecule has 0 radical (unpaired) electrons. The Morgan fingerprint density at radius 3 is 2.59 bits per heavy atom. The van der Waals surface area contributed by atoms with Gasteiger partial charge in [0.2, 0.25) is 0 Å². The second-order valence-electron chi connectivity index (χ2n) is 4.41. The predicted molar refractivity (Wildman–Crippen MR) is 88.9 cm³/mol. The van der Waals surface area contributed by atoms with Gasteiger partial charge in [0.1, 0.15) is 0 Å². The highest BCUT2D eigenvalue weighted by molar-refractivity contribution is 14.1. The number of aryl methyl sites for hydroxylation is 1. The molecule has 0 aliphatic heterocycles. The zero-order chi connectivity index (χ0) is 13.0. The molecule has 0 spiro atoms. The topological polar surface area (TPSA) is 29.1 Å². The third kappa shape index (κ3) is 4.08. The number of hydrogen-bond donors (Lipinski definition) is 1. The van der Waals surface area contributed by atoms with E-state index in [-0.39, 0.29) is 11.9 Å². The molecular weight excluding hydrogens is 440 g/mol. The first-order valence-electron chi connectivity index (χ1n) is 5.59. The Bertz CT molecular complexity index is 404. The first kappa shape index (κ1) is 15.2. The Kier molecular flexibility index (Phi) is 6.19. The molecule has 1 N–H and O–H groups in total. The number of alkyl halides is 1. The zero-order valence-electron chi connectivity index (χ0n) is 10.3. The van der Waals surface area contributed by atoms with E-state index in [9.17, 15) is 4.79 Å². The lowest BCUT2D eigenvalue weighted by Gasteiger charge is -2.20. The van der Waals surface area contributed by atoms with Crippen molar-refractivity contribution in [3.05, 3.63) is 32.9 Å². The van der Waals surface area contributed by atoms with E-state index in [2.05, 4.69) is 64.3 Å². The number of carbonyl (C=O) groups excluding carboxylic acids is 1. The smallest absolute Gasteiger partial charge is 0.252 e. The Labute approximate surface area is 130 Å². The molecule has 0 bridgehead atoms. The number of hydrogen-bond acceptors (Lipinski definition) is 1. The molecule has 0 fully saturated rings. The van der Waals surface area contributed by atoms with Crippen molar-refractivity contribution >= 4 is 51.1 Å². The third-order valence-electron chi connectivity index (χ3n) is 2.72. The minimum absolute atomic E-state index is 0.0356. The lowest BCUT2D eigenvalue weighted by atomic mass is 10.1. The van der Waals surface area contributed by atoms with Gasteiger partial charge in [-0.05, 0) is 47.1 Å². The molecule has 1 aromatic carbocycles. The van der Waals surface area contributed by atoms with Crippen LogP contribution in [0.2, 0.25) is 0 Å². The van der Waals surface area contributed by atoms with Gasteiger partial charge in [0.15, 0.2) is 0 Å². The van der Waals surface area contributed by atoms with Gasteiger partial charge in [-0.15, -0.1) is 0 Å². The molecule has 1 unspecified atom stereocenters. The average Bonchev–Trinajstić information content (AvgIpc) is 2.28. The number of halogens is 2. The van der Waals surface area contributed by atoms with Gasteiger partial charge in [0.05, 0.1) is 5.56 Å². The van der Waals surface area contributed by atoms with Gasteiger partial charge in [-0.2, -0.15) is 0 Å². The molecule has 0 saturated carbocycles. The third-order valence-corrected chi connectivity index (χ3v) is 5.10. The maximum atomic E-state index is 12.2. The number of carbonyl (C=O) groups is 1. The quantitative estimate of drug-likeness (QED) is 0.542. The summed E-state index contributed by atoms with van der Waals surface area (Å²) in [6.45, 7) is 6.28. The maximum absolute atomic E-state index is 12.2. The summed E-state index contributed by atoms with van der Waals surface area (Å²) >= 11 is 4.55. The molecule has 0 aliphatic rings. The van der Waals surface area contributed by atoms with Crippen molar-refractivity contribution in [2.75, 3.05) is 4.43 Å². The second kappa shape index (κ2) is 6.92. The van der Waals surface area contributed by atoms with E-state index >= 15 is 0 Å². The lowest BCUT2D eigenvalue weighted by Crippen LogP contribution is -2.40. The average molecular weight is 457 g/mol. The van der Waals surface area contributed by atoms with Gasteiger partial charge < -0.3 is 5.32 Å². The summed E-state index contributed by atoms with van der Waals surface area (Å²) in [5.74, 6) is 0.492. The summed E-state index contributed by atoms with van der Waals surface area (Å²) in [6.07, 6.45) is 0. The molecule has 0 heterocycles. The normalized spacial score (nSPS) is 12.6. The Balaban J connectivity index is 2.86. The zero-order valence-corrected chi connectivity index (χ0v) is 14.6. The molecule has 17 heavy (non-hydrogen) atoms. The van der Waals surface area contributed by atoms with Crippen LogP contribution < -0.4 is 5.32 Å². The number of amides is 1. The highest BCUT2D eigenvalue weighted by Gasteiger charge is 2.17. The Morgan fingerprint density at radius 1 is 1.41 bits per heavy atom. The van der Waals surface area contributed by atoms with Gasteiger partial charge in [-0.1, -0.05) is 48.6 Å². The fourth-order valence-electron chi connectivity index (χ4n) is 1.45. The van der Waals surface area contributed by atoms with Crippen LogP contribution in [0.15, 0.2) is 18.2 Å². The van der Waals surface area contributed by atoms with Crippen molar-refractivity contribution < 1.29 is 4.79 Å². The van der Waals surface area contributed by atoms with Crippen LogP contribution >= 0.6 is 45.2 Å². The van der Waals surface area contributed by atoms with Gasteiger partial charge in [0, 0.05) is 14.0 Å². The van der Waals surface area contributed by atoms with Crippen LogP contribution in [0.5, 0.6) is 0 Å². The van der Waals surface area contributed by atoms with Crippen molar-refractivity contribution in [1.82, 2.24) is 5.32 Å². The molecule has 4 heteroatoms. The SMILES string of the molecule is Cc1cccc(C(=O)NC(CI)C(C)C)c1I. The van der Waals surface area contributed by atoms with Crippen LogP contribution in [0, 0.1) is 16.4 Å². The highest BCUT2D eigenvalue weighted by Crippen LogP contribution is 2.17. The van der Waals surface area contributed by atoms with Crippen molar-refractivity contribution in [3.8, 4) is 0 Å². The van der Waals surface area contributed by atoms with E-state index < -0.39 is 0 Å². The van der Waals surface area contributed by atoms with E-state index in [0.717, 1.165) is 19.1 Å². The van der Waals surface area contributed by atoms with E-state index in [1.807, 2.05) is 25.1 Å². The lowest BCUT2D eigenvalue weighted by molar-refractivity contribution is 0.0931. The summed E-state index contributed by atoms with van der Waals surface area (Å²) in [6, 6.07) is 6.08. The van der Waals surface area contributed by atoms with Crippen LogP contribution in [-0.4, -0.2) is 16.4 Å². The molecule has 1 amide bonds. The molecule has 2 nitrogen and oxygen atoms in total. The summed E-state index contributed by atoms with van der Waals surface area (Å²) in [5, 5.41) is 3.10. The van der Waals surface area contributed by atoms with Crippen molar-refractivity contribution in [2.45, 2.75) is 26.8 Å². The largest absolute Gasteiger partial charge is 0.348 e. The van der Waals surface area contributed by atoms with Gasteiger partial charge >= 0.3 is 0 Å². The standard InChI is InChI=1S/C13H17I2NO/c1-8(2)11(7-14)16-13(17)10-6-4-5-9(3)12(10)15/h4-6,8,11H,7H2,1-3H3,(H,16,17). The first-order valence-corrected chi connectivity index (χ1v) is 8.19. The van der Waals surface area contributed by atoms with Crippen LogP contribution in [-0.2, 0) is 0 Å². The van der Waals surface area contributed by atoms with Crippen LogP contribution in [0.25, 0.3) is 0 Å². The summed E-state index contributed by atoms with van der Waals surface area (Å²) in [5.41, 5.74) is 1.93. The molecule has 94 valence electrons. The molecule has 0 aromatic heterocycles. The first-order chi connectivity index (χ1) is 7.97. The van der Waals surface area contributed by atoms with E-state index in [4.69, 9.17) is 0 Å². The van der Waals surface area contributed by atoms with Crippen LogP contribution in [0.3, 0.4) is 0 Å². The van der Waals surface area contributed by atoms with Gasteiger partial charge in [-0.25, -0.2) is 0 Å². The molecule has 1 rings (SSSR count). The molecule has 1 aromatic rings. The Hall–Kier alpha value is 0.150. The number of nitrogens with one attached hydrogen (secondary N) is 1. The van der Waals surface area contributed by atoms with Crippen LogP contribution in [0.1, 0.15) is 29.8 Å². The van der Waals surface area contributed by atoms with Crippen molar-refractivity contribution in [1.29, 1.82) is 0 Å². The summed E-state index contributed by atoms with van der Waals surface area (Å²) in [4.78, 5) is 12.2. The monoisotopic (exact) mass is 457 g/mol. The fourth-order valence-corrected chi connectivity index (χ4v) is 3.29. The maximum Gasteiger partial charge on any atom is 0.252 e. The van der Waals surface area contributed by atoms with Gasteiger partial charge in [-0.3, -0.25) is 4.79 Å². The number of rotatable bonds is 4. The van der Waals surface area contributed by atoms with E-state index in [0.29, 0.717) is 5.92 Å². The predicted octanol–water partition coefficient (Wildman–Crippen LogP) is 3.79. The van der Waals surface area contributed by atoms with Crippen LogP contribution in [0.4, 0.5) is 0 Å². The molecule has 0 saturated heterocycles. The van der Waals surface area contributed by atoms with Crippen molar-refractivity contribution in [3.63, 3.8) is 0 Å². The fraction of sp³-hybridized carbons (Fsp3) is 0.462.